The molecule has 0 amide bonds. The number of fused-ring (bicyclic) bond motifs is 5. The van der Waals surface area contributed by atoms with Gasteiger partial charge in [0, 0.05) is 26.7 Å². The van der Waals surface area contributed by atoms with Gasteiger partial charge in [0.15, 0.2) is 0 Å². The van der Waals surface area contributed by atoms with Gasteiger partial charge in [-0.3, -0.25) is 0 Å². The average Bonchev–Trinajstić information content (AvgIpc) is 3.35. The third-order valence-corrected chi connectivity index (χ3v) is 10.0. The first-order valence-electron chi connectivity index (χ1n) is 18.3. The van der Waals surface area contributed by atoms with Crippen LogP contribution in [-0.4, -0.2) is 7.05 Å². The molecule has 0 aliphatic carbocycles. The van der Waals surface area contributed by atoms with Crippen molar-refractivity contribution < 1.29 is 0 Å². The van der Waals surface area contributed by atoms with Gasteiger partial charge in [-0.25, -0.2) is 0 Å². The zero-order valence-corrected chi connectivity index (χ0v) is 32.8. The molecular weight excluding hydrogens is 673 g/mol. The maximum absolute atomic E-state index is 4.63. The van der Waals surface area contributed by atoms with Crippen LogP contribution in [-0.2, 0) is 0 Å². The smallest absolute Gasteiger partial charge is 0.0470 e. The quantitative estimate of drug-likeness (QED) is 0.186. The Hall–Kier alpha value is -5.87. The van der Waals surface area contributed by atoms with E-state index in [4.69, 9.17) is 0 Å². The molecule has 1 aliphatic rings. The Morgan fingerprint density at radius 1 is 0.519 bits per heavy atom. The van der Waals surface area contributed by atoms with E-state index in [0.717, 1.165) is 28.1 Å². The van der Waals surface area contributed by atoms with Crippen LogP contribution in [0.2, 0.25) is 0 Å². The van der Waals surface area contributed by atoms with Gasteiger partial charge in [-0.2, -0.15) is 0 Å². The lowest BCUT2D eigenvalue weighted by Crippen LogP contribution is -2.00. The molecule has 54 heavy (non-hydrogen) atoms. The van der Waals surface area contributed by atoms with Crippen molar-refractivity contribution in [1.29, 1.82) is 0 Å². The van der Waals surface area contributed by atoms with Gasteiger partial charge in [0.2, 0.25) is 0 Å². The first-order chi connectivity index (χ1) is 26.4. The van der Waals surface area contributed by atoms with Gasteiger partial charge in [0.25, 0.3) is 0 Å². The summed E-state index contributed by atoms with van der Waals surface area (Å²) in [6, 6.07) is 59.6. The van der Waals surface area contributed by atoms with Gasteiger partial charge in [0.1, 0.15) is 0 Å². The molecule has 270 valence electrons. The minimum absolute atomic E-state index is 1.00. The van der Waals surface area contributed by atoms with Crippen molar-refractivity contribution in [1.82, 2.24) is 0 Å². The van der Waals surface area contributed by atoms with Crippen LogP contribution in [0.15, 0.2) is 192 Å². The molecule has 0 bridgehead atoms. The van der Waals surface area contributed by atoms with Crippen molar-refractivity contribution in [3.8, 4) is 22.3 Å². The second-order valence-electron chi connectivity index (χ2n) is 12.9. The zero-order chi connectivity index (χ0) is 38.3. The van der Waals surface area contributed by atoms with E-state index >= 15 is 0 Å². The topological polar surface area (TPSA) is 38.0 Å². The monoisotopic (exact) mass is 722 g/mol. The molecule has 0 radical (unpaired) electrons. The average molecular weight is 723 g/mol. The Balaban J connectivity index is 0.000000290. The molecule has 1 heterocycles. The number of nitrogens with one attached hydrogen (secondary N) is 1. The molecule has 3 N–H and O–H groups in total. The molecule has 0 spiro atoms. The first kappa shape index (κ1) is 39.3. The van der Waals surface area contributed by atoms with Crippen LogP contribution in [0.4, 0.5) is 11.4 Å². The van der Waals surface area contributed by atoms with E-state index in [1.54, 1.807) is 0 Å². The number of hydrogen-bond donors (Lipinski definition) is 2. The fourth-order valence-electron chi connectivity index (χ4n) is 6.18. The maximum atomic E-state index is 4.63. The highest BCUT2D eigenvalue weighted by atomic mass is 32.2. The third-order valence-electron chi connectivity index (χ3n) is 8.90. The summed E-state index contributed by atoms with van der Waals surface area (Å²) in [4.78, 5) is 2.50. The van der Waals surface area contributed by atoms with Crippen molar-refractivity contribution >= 4 is 34.8 Å². The molecule has 0 atom stereocenters. The van der Waals surface area contributed by atoms with Crippen molar-refractivity contribution in [3.63, 3.8) is 0 Å². The second-order valence-corrected chi connectivity index (χ2v) is 14.0. The van der Waals surface area contributed by atoms with E-state index in [0.29, 0.717) is 0 Å². The summed E-state index contributed by atoms with van der Waals surface area (Å²) in [5, 5.41) is 3.74. The van der Waals surface area contributed by atoms with Crippen LogP contribution in [0.25, 0.3) is 33.9 Å². The van der Waals surface area contributed by atoms with Crippen LogP contribution >= 0.6 is 11.8 Å². The lowest BCUT2D eigenvalue weighted by molar-refractivity contribution is 1.39. The summed E-state index contributed by atoms with van der Waals surface area (Å²) in [5.74, 6) is 0. The van der Waals surface area contributed by atoms with Gasteiger partial charge < -0.3 is 11.1 Å². The predicted octanol–water partition coefficient (Wildman–Crippen LogP) is 14.2. The van der Waals surface area contributed by atoms with E-state index in [1.165, 1.54) is 61.3 Å². The Labute approximate surface area is 327 Å². The molecule has 0 fully saturated rings. The van der Waals surface area contributed by atoms with Crippen LogP contribution in [0.3, 0.4) is 0 Å². The molecule has 8 rings (SSSR count). The molecule has 0 saturated carbocycles. The minimum atomic E-state index is 1.00. The Morgan fingerprint density at radius 3 is 1.59 bits per heavy atom. The molecule has 2 nitrogen and oxygen atoms in total. The molecule has 7 aromatic rings. The van der Waals surface area contributed by atoms with E-state index in [2.05, 4.69) is 191 Å². The number of anilines is 2. The maximum Gasteiger partial charge on any atom is 0.0470 e. The highest BCUT2D eigenvalue weighted by Crippen LogP contribution is 2.50. The number of nitrogens with two attached hydrogens (primary N) is 1. The lowest BCUT2D eigenvalue weighted by Gasteiger charge is -2.20. The van der Waals surface area contributed by atoms with Crippen molar-refractivity contribution in [2.75, 3.05) is 12.4 Å². The second kappa shape index (κ2) is 19.8. The summed E-state index contributed by atoms with van der Waals surface area (Å²) in [7, 11) is 1.50. The molecule has 7 aromatic carbocycles. The van der Waals surface area contributed by atoms with Crippen LogP contribution in [0.5, 0.6) is 0 Å². The van der Waals surface area contributed by atoms with E-state index in [1.807, 2.05) is 48.2 Å². The fourth-order valence-corrected chi connectivity index (χ4v) is 7.31. The summed E-state index contributed by atoms with van der Waals surface area (Å²) in [5.41, 5.74) is 19.9. The number of hydrogen-bond acceptors (Lipinski definition) is 3. The van der Waals surface area contributed by atoms with Crippen LogP contribution in [0, 0.1) is 20.8 Å². The highest BCUT2D eigenvalue weighted by Gasteiger charge is 2.23. The Bertz CT molecular complexity index is 2250. The summed E-state index contributed by atoms with van der Waals surface area (Å²) < 4.78 is 0. The third kappa shape index (κ3) is 10.2. The highest BCUT2D eigenvalue weighted by molar-refractivity contribution is 7.99. The number of rotatable bonds is 5. The van der Waals surface area contributed by atoms with Gasteiger partial charge in [0.05, 0.1) is 0 Å². The Kier molecular flexibility index (Phi) is 14.4. The lowest BCUT2D eigenvalue weighted by atomic mass is 9.90. The van der Waals surface area contributed by atoms with Crippen molar-refractivity contribution in [2.45, 2.75) is 37.5 Å². The predicted molar refractivity (Wildman–Crippen MR) is 238 cm³/mol. The van der Waals surface area contributed by atoms with Gasteiger partial charge in [-0.05, 0) is 104 Å². The first-order valence-corrected chi connectivity index (χ1v) is 19.1. The molecular formula is C51H50N2S. The fraction of sp³-hybridized carbons (Fsp3) is 0.0980. The minimum Gasteiger partial charge on any atom is -0.355 e. The van der Waals surface area contributed by atoms with E-state index in [9.17, 15) is 0 Å². The van der Waals surface area contributed by atoms with Gasteiger partial charge >= 0.3 is 0 Å². The normalized spacial score (nSPS) is 10.7. The van der Waals surface area contributed by atoms with Gasteiger partial charge in [-0.15, -0.1) is 0 Å². The summed E-state index contributed by atoms with van der Waals surface area (Å²) in [6.45, 7) is 13.0. The number of allylic oxidation sites excluding steroid dienone is 1. The zero-order valence-electron chi connectivity index (χ0n) is 32.0. The van der Waals surface area contributed by atoms with E-state index < -0.39 is 0 Å². The molecule has 1 aliphatic heterocycles. The standard InChI is InChI=1S/C36H29NS.2C7H8.CH5N/c1-4-11-26-12-5-6-13-28(26)25(3)32-23-36-33(22-34(32)37-27-20-18-24(2)19-21-27)30-15-8-7-14-29(30)31-16-9-10-17-35(31)38-36;2*1-7-5-3-2-4-6-7;1-2/h4-23,37H,3H2,1-2H3;2*2-6H,1H3;2H2,1H3/b11-4-;;;. The van der Waals surface area contributed by atoms with Crippen LogP contribution < -0.4 is 11.1 Å². The molecule has 0 unspecified atom stereocenters. The molecule has 0 aromatic heterocycles. The summed E-state index contributed by atoms with van der Waals surface area (Å²) >= 11 is 1.84. The van der Waals surface area contributed by atoms with E-state index in [-0.39, 0.29) is 0 Å². The van der Waals surface area contributed by atoms with Crippen LogP contribution in [0.1, 0.15) is 40.3 Å². The largest absolute Gasteiger partial charge is 0.355 e. The van der Waals surface area contributed by atoms with Crippen molar-refractivity contribution in [3.05, 3.63) is 216 Å². The number of benzene rings is 7. The summed E-state index contributed by atoms with van der Waals surface area (Å²) in [6.07, 6.45) is 4.23. The molecule has 3 heteroatoms. The SMILES string of the molecule is C=C(c1ccccc1/C=C\C)c1cc2c(cc1Nc1ccc(C)cc1)-c1ccccc1-c1ccccc1S2.CN.Cc1ccccc1.Cc1ccccc1. The molecule has 0 saturated heterocycles. The van der Waals surface area contributed by atoms with Gasteiger partial charge in [-0.1, -0.05) is 187 Å². The number of aryl methyl sites for hydroxylation is 3. The Morgan fingerprint density at radius 2 is 1.02 bits per heavy atom. The van der Waals surface area contributed by atoms with Crippen molar-refractivity contribution in [2.24, 2.45) is 5.73 Å².